The lowest BCUT2D eigenvalue weighted by molar-refractivity contribution is -0.132. The molecule has 1 aliphatic rings. The van der Waals surface area contributed by atoms with Gasteiger partial charge in [0.15, 0.2) is 11.9 Å². The molecule has 13 nitrogen and oxygen atoms in total. The van der Waals surface area contributed by atoms with E-state index in [1.54, 1.807) is 0 Å². The number of aliphatic imine (C=N–C) groups is 2. The number of carbonyl (C=O) groups excluding carboxylic acids is 3. The van der Waals surface area contributed by atoms with Crippen LogP contribution in [-0.4, -0.2) is 66.4 Å². The largest absolute Gasteiger partial charge is 0.370 e. The van der Waals surface area contributed by atoms with E-state index in [0.717, 1.165) is 46.2 Å². The molecule has 1 fully saturated rings. The summed E-state index contributed by atoms with van der Waals surface area (Å²) in [6, 6.07) is 32.8. The van der Waals surface area contributed by atoms with Crippen molar-refractivity contribution in [2.75, 3.05) is 6.54 Å². The van der Waals surface area contributed by atoms with Gasteiger partial charge in [-0.2, -0.15) is 0 Å². The second-order valence-corrected chi connectivity index (χ2v) is 14.3. The first-order valence-corrected chi connectivity index (χ1v) is 19.1. The molecular weight excluding hydrogens is 705 g/mol. The van der Waals surface area contributed by atoms with Crippen molar-refractivity contribution in [3.05, 3.63) is 120 Å². The standard InChI is InChI=1S/C43H54N10O3/c44-36(26-28-13-17-32(18-14-28)30-8-3-1-4-9-30)39(54)52-37(12-7-25-49-42(45)46)40(55)53-38(41(56)50-34-21-23-35(24-22-34)51-43(47)48)27-29-15-19-33(20-16-29)31-10-5-2-6-11-31/h1-6,8-11,13-20,34-38H,7,12,21-27,44H2,(H,50,56)(H,52,54)(H,53,55)(H4,45,46,49)(H4,47,48,51)/t34?,35?,36-,37-,38-/m0/s1. The van der Waals surface area contributed by atoms with Gasteiger partial charge in [-0.3, -0.25) is 24.4 Å². The van der Waals surface area contributed by atoms with Crippen LogP contribution in [0.15, 0.2) is 119 Å². The molecule has 13 heteroatoms. The molecule has 0 spiro atoms. The first kappa shape index (κ1) is 41.0. The fourth-order valence-electron chi connectivity index (χ4n) is 6.90. The molecule has 13 N–H and O–H groups in total. The van der Waals surface area contributed by atoms with E-state index in [2.05, 4.69) is 25.9 Å². The minimum atomic E-state index is -1.01. The van der Waals surface area contributed by atoms with Crippen LogP contribution < -0.4 is 44.6 Å². The van der Waals surface area contributed by atoms with Gasteiger partial charge >= 0.3 is 0 Å². The first-order chi connectivity index (χ1) is 27.0. The third kappa shape index (κ3) is 12.7. The highest BCUT2D eigenvalue weighted by Gasteiger charge is 2.30. The molecule has 0 radical (unpaired) electrons. The highest BCUT2D eigenvalue weighted by Crippen LogP contribution is 2.23. The van der Waals surface area contributed by atoms with Crippen LogP contribution in [-0.2, 0) is 27.2 Å². The van der Waals surface area contributed by atoms with Crippen molar-refractivity contribution < 1.29 is 14.4 Å². The van der Waals surface area contributed by atoms with Gasteiger partial charge in [0.2, 0.25) is 17.7 Å². The van der Waals surface area contributed by atoms with Gasteiger partial charge in [-0.25, -0.2) is 0 Å². The Morgan fingerprint density at radius 1 is 0.589 bits per heavy atom. The van der Waals surface area contributed by atoms with Crippen LogP contribution in [0.25, 0.3) is 22.3 Å². The van der Waals surface area contributed by atoms with Crippen LogP contribution in [0.4, 0.5) is 0 Å². The fraction of sp³-hybridized carbons (Fsp3) is 0.326. The highest BCUT2D eigenvalue weighted by molar-refractivity contribution is 5.93. The zero-order chi connectivity index (χ0) is 39.9. The molecule has 1 aliphatic carbocycles. The van der Waals surface area contributed by atoms with Gasteiger partial charge in [0.1, 0.15) is 12.1 Å². The van der Waals surface area contributed by atoms with E-state index in [1.807, 2.05) is 109 Å². The van der Waals surface area contributed by atoms with E-state index < -0.39 is 29.9 Å². The van der Waals surface area contributed by atoms with Crippen LogP contribution in [0, 0.1) is 0 Å². The maximum Gasteiger partial charge on any atom is 0.243 e. The molecule has 3 amide bonds. The third-order valence-corrected chi connectivity index (χ3v) is 9.94. The maximum atomic E-state index is 14.1. The average Bonchev–Trinajstić information content (AvgIpc) is 3.20. The lowest BCUT2D eigenvalue weighted by Gasteiger charge is -2.29. The Labute approximate surface area is 328 Å². The zero-order valence-corrected chi connectivity index (χ0v) is 31.6. The number of amides is 3. The van der Waals surface area contributed by atoms with Crippen LogP contribution in [0.2, 0.25) is 0 Å². The van der Waals surface area contributed by atoms with Gasteiger partial charge < -0.3 is 44.6 Å². The fourth-order valence-corrected chi connectivity index (χ4v) is 6.90. The molecule has 0 aliphatic heterocycles. The van der Waals surface area contributed by atoms with E-state index in [-0.39, 0.29) is 55.7 Å². The summed E-state index contributed by atoms with van der Waals surface area (Å²) >= 11 is 0. The van der Waals surface area contributed by atoms with E-state index in [4.69, 9.17) is 28.7 Å². The van der Waals surface area contributed by atoms with Crippen molar-refractivity contribution in [1.29, 1.82) is 0 Å². The summed E-state index contributed by atoms with van der Waals surface area (Å²) in [5.74, 6) is -1.35. The Hall–Kier alpha value is -6.21. The molecule has 4 aromatic carbocycles. The highest BCUT2D eigenvalue weighted by atomic mass is 16.2. The molecule has 4 aromatic rings. The molecule has 0 heterocycles. The number of guanidine groups is 2. The molecule has 0 bridgehead atoms. The molecule has 5 rings (SSSR count). The van der Waals surface area contributed by atoms with Gasteiger partial charge in [-0.05, 0) is 78.3 Å². The number of benzene rings is 4. The monoisotopic (exact) mass is 758 g/mol. The molecule has 3 atom stereocenters. The number of nitrogens with zero attached hydrogens (tertiary/aromatic N) is 2. The van der Waals surface area contributed by atoms with Crippen molar-refractivity contribution in [3.8, 4) is 22.3 Å². The Kier molecular flexibility index (Phi) is 15.0. The minimum Gasteiger partial charge on any atom is -0.370 e. The van der Waals surface area contributed by atoms with Crippen LogP contribution >= 0.6 is 0 Å². The first-order valence-electron chi connectivity index (χ1n) is 19.1. The molecule has 1 saturated carbocycles. The predicted octanol–water partition coefficient (Wildman–Crippen LogP) is 2.86. The maximum absolute atomic E-state index is 14.1. The number of nitrogens with two attached hydrogens (primary N) is 5. The summed E-state index contributed by atoms with van der Waals surface area (Å²) < 4.78 is 0. The summed E-state index contributed by atoms with van der Waals surface area (Å²) in [5.41, 5.74) is 34.6. The summed E-state index contributed by atoms with van der Waals surface area (Å²) in [7, 11) is 0. The van der Waals surface area contributed by atoms with Crippen LogP contribution in [0.5, 0.6) is 0 Å². The summed E-state index contributed by atoms with van der Waals surface area (Å²) in [4.78, 5) is 49.9. The quantitative estimate of drug-likeness (QED) is 0.0451. The Balaban J connectivity index is 1.29. The topological polar surface area (TPSA) is 242 Å². The zero-order valence-electron chi connectivity index (χ0n) is 31.6. The third-order valence-electron chi connectivity index (χ3n) is 9.94. The average molecular weight is 759 g/mol. The van der Waals surface area contributed by atoms with Gasteiger partial charge in [0.05, 0.1) is 12.1 Å². The Bertz CT molecular complexity index is 1920. The lowest BCUT2D eigenvalue weighted by atomic mass is 9.91. The second kappa shape index (κ2) is 20.5. The number of hydrogen-bond acceptors (Lipinski definition) is 6. The molecule has 56 heavy (non-hydrogen) atoms. The van der Waals surface area contributed by atoms with E-state index in [1.165, 1.54) is 0 Å². The number of rotatable bonds is 17. The Morgan fingerprint density at radius 2 is 1.09 bits per heavy atom. The van der Waals surface area contributed by atoms with Gasteiger partial charge in [0.25, 0.3) is 0 Å². The number of carbonyl (C=O) groups is 3. The number of hydrogen-bond donors (Lipinski definition) is 8. The molecular formula is C43H54N10O3. The van der Waals surface area contributed by atoms with Crippen molar-refractivity contribution in [1.82, 2.24) is 16.0 Å². The summed E-state index contributed by atoms with van der Waals surface area (Å²) in [6.07, 6.45) is 3.92. The van der Waals surface area contributed by atoms with E-state index >= 15 is 0 Å². The minimum absolute atomic E-state index is 0.00938. The van der Waals surface area contributed by atoms with Crippen molar-refractivity contribution in [3.63, 3.8) is 0 Å². The number of nitrogens with one attached hydrogen (secondary N) is 3. The van der Waals surface area contributed by atoms with Gasteiger partial charge in [0, 0.05) is 19.0 Å². The normalized spacial score (nSPS) is 16.7. The van der Waals surface area contributed by atoms with Crippen LogP contribution in [0.1, 0.15) is 49.7 Å². The van der Waals surface area contributed by atoms with Gasteiger partial charge in [-0.1, -0.05) is 109 Å². The van der Waals surface area contributed by atoms with E-state index in [9.17, 15) is 14.4 Å². The van der Waals surface area contributed by atoms with Gasteiger partial charge in [-0.15, -0.1) is 0 Å². The van der Waals surface area contributed by atoms with Crippen molar-refractivity contribution in [2.45, 2.75) is 81.6 Å². The summed E-state index contributed by atoms with van der Waals surface area (Å²) in [5, 5.41) is 8.94. The molecule has 0 aromatic heterocycles. The SMILES string of the molecule is NC(N)=NCCC[C@H](NC(=O)[C@@H](N)Cc1ccc(-c2ccccc2)cc1)C(=O)N[C@@H](Cc1ccc(-c2ccccc2)cc1)C(=O)NC1CCC(N=C(N)N)CC1. The predicted molar refractivity (Wildman–Crippen MR) is 223 cm³/mol. The second-order valence-electron chi connectivity index (χ2n) is 14.3. The Morgan fingerprint density at radius 3 is 1.61 bits per heavy atom. The molecule has 0 saturated heterocycles. The molecule has 0 unspecified atom stereocenters. The summed E-state index contributed by atoms with van der Waals surface area (Å²) in [6.45, 7) is 0.252. The van der Waals surface area contributed by atoms with E-state index in [0.29, 0.717) is 19.3 Å². The smallest absolute Gasteiger partial charge is 0.243 e. The lowest BCUT2D eigenvalue weighted by Crippen LogP contribution is -2.57. The van der Waals surface area contributed by atoms with Crippen molar-refractivity contribution >= 4 is 29.6 Å². The van der Waals surface area contributed by atoms with Crippen molar-refractivity contribution in [2.24, 2.45) is 38.7 Å². The van der Waals surface area contributed by atoms with Crippen LogP contribution in [0.3, 0.4) is 0 Å². The molecule has 294 valence electrons.